The van der Waals surface area contributed by atoms with Crippen molar-refractivity contribution in [1.29, 1.82) is 0 Å². The van der Waals surface area contributed by atoms with Crippen LogP contribution in [-0.4, -0.2) is 55.0 Å². The molecule has 212 valence electrons. The molecule has 3 amide bonds. The zero-order valence-electron chi connectivity index (χ0n) is 24.0. The van der Waals surface area contributed by atoms with Crippen molar-refractivity contribution in [2.45, 2.75) is 57.5 Å². The number of rotatable bonds is 8. The highest BCUT2D eigenvalue weighted by molar-refractivity contribution is 5.97. The van der Waals surface area contributed by atoms with Gasteiger partial charge in [-0.25, -0.2) is 4.79 Å². The number of likely N-dealkylation sites (tertiary alicyclic amines) is 1. The predicted octanol–water partition coefficient (Wildman–Crippen LogP) is 5.68. The largest absolute Gasteiger partial charge is 0.368 e. The molecule has 0 spiro atoms. The molecule has 0 aliphatic carbocycles. The number of carbonyl (C=O) groups is 2. The second-order valence-electron chi connectivity index (χ2n) is 11.1. The summed E-state index contributed by atoms with van der Waals surface area (Å²) in [7, 11) is 4.03. The maximum absolute atomic E-state index is 13.6. The topological polar surface area (TPSA) is 76.7 Å². The number of hydrogen-bond acceptors (Lipinski definition) is 4. The van der Waals surface area contributed by atoms with E-state index in [-0.39, 0.29) is 11.9 Å². The molecule has 2 aliphatic heterocycles. The van der Waals surface area contributed by atoms with Gasteiger partial charge in [0.1, 0.15) is 6.04 Å². The fourth-order valence-electron chi connectivity index (χ4n) is 5.28. The second-order valence-corrected chi connectivity index (χ2v) is 11.1. The fourth-order valence-corrected chi connectivity index (χ4v) is 5.28. The Labute approximate surface area is 239 Å². The van der Waals surface area contributed by atoms with E-state index in [1.165, 1.54) is 11.1 Å². The predicted molar refractivity (Wildman–Crippen MR) is 163 cm³/mol. The van der Waals surface area contributed by atoms with Crippen molar-refractivity contribution in [1.82, 2.24) is 20.4 Å². The Morgan fingerprint density at radius 2 is 1.82 bits per heavy atom. The van der Waals surface area contributed by atoms with Crippen LogP contribution in [0.3, 0.4) is 0 Å². The van der Waals surface area contributed by atoms with E-state index >= 15 is 0 Å². The lowest BCUT2D eigenvalue weighted by molar-refractivity contribution is -0.118. The molecule has 7 heteroatoms. The SMILES string of the molecule is Cc1cccc(C2CCN(C(=O)NC(CC3=C/N/C=C/CC\C=C\3)C(=O)Nc3cccc(CN(C)C)c3)CC2)c1. The number of aryl methyl sites for hydroxylation is 1. The third kappa shape index (κ3) is 8.85. The summed E-state index contributed by atoms with van der Waals surface area (Å²) in [4.78, 5) is 30.9. The van der Waals surface area contributed by atoms with Gasteiger partial charge in [-0.05, 0) is 87.7 Å². The van der Waals surface area contributed by atoms with Crippen molar-refractivity contribution in [2.75, 3.05) is 32.5 Å². The van der Waals surface area contributed by atoms with Gasteiger partial charge in [-0.2, -0.15) is 0 Å². The summed E-state index contributed by atoms with van der Waals surface area (Å²) in [6.45, 7) is 4.23. The minimum atomic E-state index is -0.720. The molecule has 0 radical (unpaired) electrons. The lowest BCUT2D eigenvalue weighted by Gasteiger charge is -2.33. The van der Waals surface area contributed by atoms with Crippen molar-refractivity contribution < 1.29 is 9.59 Å². The Kier molecular flexibility index (Phi) is 10.6. The highest BCUT2D eigenvalue weighted by Gasteiger charge is 2.28. The molecule has 1 saturated heterocycles. The number of carbonyl (C=O) groups excluding carboxylic acids is 2. The summed E-state index contributed by atoms with van der Waals surface area (Å²) in [5.74, 6) is 0.223. The van der Waals surface area contributed by atoms with Crippen LogP contribution >= 0.6 is 0 Å². The third-order valence-electron chi connectivity index (χ3n) is 7.36. The highest BCUT2D eigenvalue weighted by atomic mass is 16.2. The average molecular weight is 542 g/mol. The Balaban J connectivity index is 1.45. The van der Waals surface area contributed by atoms with Gasteiger partial charge >= 0.3 is 6.03 Å². The van der Waals surface area contributed by atoms with Crippen molar-refractivity contribution in [3.05, 3.63) is 101 Å². The van der Waals surface area contributed by atoms with Crippen LogP contribution in [0.1, 0.15) is 54.7 Å². The monoisotopic (exact) mass is 541 g/mol. The van der Waals surface area contributed by atoms with Crippen LogP contribution in [0.2, 0.25) is 0 Å². The van der Waals surface area contributed by atoms with Gasteiger partial charge in [0.15, 0.2) is 0 Å². The van der Waals surface area contributed by atoms with E-state index in [4.69, 9.17) is 0 Å². The number of nitrogens with zero attached hydrogens (tertiary/aromatic N) is 2. The Morgan fingerprint density at radius 3 is 2.60 bits per heavy atom. The number of allylic oxidation sites excluding steroid dienone is 3. The molecule has 4 rings (SSSR count). The summed E-state index contributed by atoms with van der Waals surface area (Å²) in [6, 6.07) is 15.6. The third-order valence-corrected chi connectivity index (χ3v) is 7.36. The van der Waals surface area contributed by atoms with Crippen LogP contribution in [0.15, 0.2) is 84.7 Å². The zero-order chi connectivity index (χ0) is 28.3. The molecule has 40 heavy (non-hydrogen) atoms. The first-order chi connectivity index (χ1) is 19.4. The number of amides is 3. The quantitative estimate of drug-likeness (QED) is 0.402. The van der Waals surface area contributed by atoms with Crippen LogP contribution in [-0.2, 0) is 11.3 Å². The smallest absolute Gasteiger partial charge is 0.318 e. The van der Waals surface area contributed by atoms with Gasteiger partial charge in [0.2, 0.25) is 5.91 Å². The van der Waals surface area contributed by atoms with Crippen molar-refractivity contribution in [3.63, 3.8) is 0 Å². The molecule has 2 aromatic carbocycles. The van der Waals surface area contributed by atoms with E-state index in [9.17, 15) is 9.59 Å². The number of nitrogens with one attached hydrogen (secondary N) is 3. The van der Waals surface area contributed by atoms with Crippen LogP contribution < -0.4 is 16.0 Å². The molecule has 1 fully saturated rings. The Hall–Kier alpha value is -3.84. The molecule has 0 bridgehead atoms. The number of anilines is 1. The van der Waals surface area contributed by atoms with E-state index in [1.54, 1.807) is 0 Å². The van der Waals surface area contributed by atoms with Gasteiger partial charge < -0.3 is 25.8 Å². The van der Waals surface area contributed by atoms with Gasteiger partial charge in [-0.3, -0.25) is 4.79 Å². The normalized spacial score (nSPS) is 19.7. The van der Waals surface area contributed by atoms with Gasteiger partial charge in [0.25, 0.3) is 0 Å². The van der Waals surface area contributed by atoms with Crippen LogP contribution in [0, 0.1) is 6.92 Å². The molecule has 0 saturated carbocycles. The minimum absolute atomic E-state index is 0.190. The van der Waals surface area contributed by atoms with Crippen LogP contribution in [0.4, 0.5) is 10.5 Å². The fraction of sp³-hybridized carbons (Fsp3) is 0.394. The summed E-state index contributed by atoms with van der Waals surface area (Å²) in [5.41, 5.74) is 5.39. The molecular weight excluding hydrogens is 498 g/mol. The highest BCUT2D eigenvalue weighted by Crippen LogP contribution is 2.28. The first-order valence-electron chi connectivity index (χ1n) is 14.3. The Bertz CT molecular complexity index is 1240. The van der Waals surface area contributed by atoms with E-state index in [1.807, 2.05) is 61.7 Å². The number of hydrogen-bond donors (Lipinski definition) is 3. The molecule has 1 unspecified atom stereocenters. The molecule has 3 N–H and O–H groups in total. The molecule has 2 heterocycles. The first kappa shape index (κ1) is 29.2. The van der Waals surface area contributed by atoms with E-state index in [0.29, 0.717) is 25.4 Å². The standard InChI is InChI=1S/C33H43N5O2/c1-25-10-8-13-29(20-25)28-15-18-38(19-16-28)33(40)36-31(22-26-11-6-4-5-7-17-34-23-26)32(39)35-30-14-9-12-27(21-30)24-37(2)3/h6-14,17,20-21,23,28,31,34H,4-5,15-16,18-19,22,24H2,1-3H3,(H,35,39)(H,36,40)/b11-6+,17-7+,26-23+. The van der Waals surface area contributed by atoms with E-state index in [2.05, 4.69) is 64.2 Å². The molecule has 2 aromatic rings. The van der Waals surface area contributed by atoms with Crippen molar-refractivity contribution in [3.8, 4) is 0 Å². The maximum atomic E-state index is 13.6. The minimum Gasteiger partial charge on any atom is -0.368 e. The number of piperidine rings is 1. The molecule has 1 atom stereocenters. The lowest BCUT2D eigenvalue weighted by Crippen LogP contribution is -2.51. The molecule has 2 aliphatic rings. The first-order valence-corrected chi connectivity index (χ1v) is 14.3. The Morgan fingerprint density at radius 1 is 1.05 bits per heavy atom. The number of benzene rings is 2. The molecular formula is C33H43N5O2. The summed E-state index contributed by atoms with van der Waals surface area (Å²) in [6.07, 6.45) is 14.1. The summed E-state index contributed by atoms with van der Waals surface area (Å²) < 4.78 is 0. The average Bonchev–Trinajstić information content (AvgIpc) is 3.06. The zero-order valence-corrected chi connectivity index (χ0v) is 24.0. The lowest BCUT2D eigenvalue weighted by atomic mass is 9.89. The van der Waals surface area contributed by atoms with E-state index < -0.39 is 6.04 Å². The maximum Gasteiger partial charge on any atom is 0.318 e. The van der Waals surface area contributed by atoms with Gasteiger partial charge in [0.05, 0.1) is 0 Å². The molecule has 7 nitrogen and oxygen atoms in total. The second kappa shape index (κ2) is 14.5. The van der Waals surface area contributed by atoms with E-state index in [0.717, 1.165) is 49.1 Å². The summed E-state index contributed by atoms with van der Waals surface area (Å²) >= 11 is 0. The van der Waals surface area contributed by atoms with Crippen LogP contribution in [0.5, 0.6) is 0 Å². The van der Waals surface area contributed by atoms with Crippen LogP contribution in [0.25, 0.3) is 0 Å². The van der Waals surface area contributed by atoms with Gasteiger partial charge in [-0.1, -0.05) is 60.2 Å². The summed E-state index contributed by atoms with van der Waals surface area (Å²) in [5, 5.41) is 9.30. The molecule has 0 aromatic heterocycles. The van der Waals surface area contributed by atoms with Crippen molar-refractivity contribution >= 4 is 17.6 Å². The number of urea groups is 1. The van der Waals surface area contributed by atoms with Crippen molar-refractivity contribution in [2.24, 2.45) is 0 Å². The van der Waals surface area contributed by atoms with Gasteiger partial charge in [-0.15, -0.1) is 0 Å². The van der Waals surface area contributed by atoms with Gasteiger partial charge in [0, 0.05) is 37.9 Å².